The zero-order valence-corrected chi connectivity index (χ0v) is 8.12. The van der Waals surface area contributed by atoms with Gasteiger partial charge in [0.1, 0.15) is 6.61 Å². The molecule has 0 aliphatic heterocycles. The largest absolute Gasteiger partial charge is 0.461 e. The number of aryl methyl sites for hydroxylation is 1. The minimum Gasteiger partial charge on any atom is -0.461 e. The monoisotopic (exact) mass is 188 g/mol. The van der Waals surface area contributed by atoms with E-state index in [-0.39, 0.29) is 12.6 Å². The van der Waals surface area contributed by atoms with Crippen molar-refractivity contribution >= 4 is 5.97 Å². The Morgan fingerprint density at radius 1 is 1.50 bits per heavy atom. The molecule has 0 saturated heterocycles. The first kappa shape index (κ1) is 10.3. The third kappa shape index (κ3) is 2.63. The van der Waals surface area contributed by atoms with Crippen LogP contribution in [0.2, 0.25) is 0 Å². The van der Waals surface area contributed by atoms with Crippen LogP contribution in [0.4, 0.5) is 0 Å². The zero-order valence-electron chi connectivity index (χ0n) is 8.12. The van der Waals surface area contributed by atoms with Gasteiger partial charge in [-0.1, -0.05) is 18.2 Å². The number of terminal acetylenes is 1. The number of hydrogen-bond donors (Lipinski definition) is 0. The molecule has 2 heteroatoms. The van der Waals surface area contributed by atoms with Gasteiger partial charge in [-0.3, -0.25) is 0 Å². The molecule has 2 nitrogen and oxygen atoms in total. The molecule has 0 atom stereocenters. The van der Waals surface area contributed by atoms with E-state index in [2.05, 4.69) is 5.92 Å². The Kier molecular flexibility index (Phi) is 3.75. The fraction of sp³-hybridized carbons (Fsp3) is 0.250. The third-order valence-electron chi connectivity index (χ3n) is 1.84. The molecule has 0 aliphatic rings. The second-order valence-electron chi connectivity index (χ2n) is 2.90. The van der Waals surface area contributed by atoms with E-state index in [4.69, 9.17) is 11.2 Å². The van der Waals surface area contributed by atoms with Crippen molar-refractivity contribution < 1.29 is 9.53 Å². The van der Waals surface area contributed by atoms with Crippen molar-refractivity contribution in [2.75, 3.05) is 6.61 Å². The molecule has 1 aromatic rings. The Morgan fingerprint density at radius 2 is 2.21 bits per heavy atom. The fourth-order valence-corrected chi connectivity index (χ4v) is 1.08. The van der Waals surface area contributed by atoms with Crippen LogP contribution in [0, 0.1) is 19.3 Å². The van der Waals surface area contributed by atoms with Crippen LogP contribution in [-0.2, 0) is 4.74 Å². The number of ether oxygens (including phenoxy) is 1. The van der Waals surface area contributed by atoms with Crippen molar-refractivity contribution in [2.45, 2.75) is 13.3 Å². The summed E-state index contributed by atoms with van der Waals surface area (Å²) in [5.41, 5.74) is 1.52. The van der Waals surface area contributed by atoms with Gasteiger partial charge in [0.2, 0.25) is 0 Å². The summed E-state index contributed by atoms with van der Waals surface area (Å²) in [6.45, 7) is 2.15. The van der Waals surface area contributed by atoms with Crippen LogP contribution in [0.15, 0.2) is 24.3 Å². The predicted molar refractivity (Wildman–Crippen MR) is 54.9 cm³/mol. The summed E-state index contributed by atoms with van der Waals surface area (Å²) in [6, 6.07) is 7.31. The lowest BCUT2D eigenvalue weighted by Crippen LogP contribution is -2.07. The van der Waals surface area contributed by atoms with Gasteiger partial charge in [-0.25, -0.2) is 4.79 Å². The SMILES string of the molecule is C#CCCOC(=O)c1ccccc1C. The first-order chi connectivity index (χ1) is 6.75. The van der Waals surface area contributed by atoms with E-state index in [0.29, 0.717) is 12.0 Å². The Balaban J connectivity index is 2.62. The normalized spacial score (nSPS) is 9.14. The van der Waals surface area contributed by atoms with E-state index in [1.54, 1.807) is 6.07 Å². The molecule has 0 fully saturated rings. The van der Waals surface area contributed by atoms with Gasteiger partial charge in [-0.15, -0.1) is 12.3 Å². The van der Waals surface area contributed by atoms with E-state index < -0.39 is 0 Å². The molecular formula is C12H12O2. The molecule has 0 bridgehead atoms. The summed E-state index contributed by atoms with van der Waals surface area (Å²) in [6.07, 6.45) is 5.50. The van der Waals surface area contributed by atoms with Crippen LogP contribution in [0.1, 0.15) is 22.3 Å². The first-order valence-electron chi connectivity index (χ1n) is 4.42. The Morgan fingerprint density at radius 3 is 2.86 bits per heavy atom. The number of esters is 1. The highest BCUT2D eigenvalue weighted by Crippen LogP contribution is 2.08. The molecule has 1 aromatic carbocycles. The lowest BCUT2D eigenvalue weighted by atomic mass is 10.1. The maximum absolute atomic E-state index is 11.4. The predicted octanol–water partition coefficient (Wildman–Crippen LogP) is 2.18. The van der Waals surface area contributed by atoms with E-state index in [0.717, 1.165) is 5.56 Å². The van der Waals surface area contributed by atoms with Gasteiger partial charge in [-0.05, 0) is 18.6 Å². The summed E-state index contributed by atoms with van der Waals surface area (Å²) < 4.78 is 4.97. The maximum Gasteiger partial charge on any atom is 0.338 e. The summed E-state index contributed by atoms with van der Waals surface area (Å²) in [5.74, 6) is 2.10. The summed E-state index contributed by atoms with van der Waals surface area (Å²) in [5, 5.41) is 0. The number of carbonyl (C=O) groups excluding carboxylic acids is 1. The van der Waals surface area contributed by atoms with Gasteiger partial charge in [0, 0.05) is 6.42 Å². The summed E-state index contributed by atoms with van der Waals surface area (Å²) in [7, 11) is 0. The molecule has 72 valence electrons. The van der Waals surface area contributed by atoms with Crippen molar-refractivity contribution in [3.05, 3.63) is 35.4 Å². The van der Waals surface area contributed by atoms with Crippen LogP contribution in [0.3, 0.4) is 0 Å². The van der Waals surface area contributed by atoms with Crippen LogP contribution in [-0.4, -0.2) is 12.6 Å². The van der Waals surface area contributed by atoms with E-state index >= 15 is 0 Å². The van der Waals surface area contributed by atoms with Gasteiger partial charge in [0.25, 0.3) is 0 Å². The molecule has 0 unspecified atom stereocenters. The molecule has 0 saturated carbocycles. The van der Waals surface area contributed by atoms with E-state index in [9.17, 15) is 4.79 Å². The highest BCUT2D eigenvalue weighted by atomic mass is 16.5. The fourth-order valence-electron chi connectivity index (χ4n) is 1.08. The second-order valence-corrected chi connectivity index (χ2v) is 2.90. The average molecular weight is 188 g/mol. The van der Waals surface area contributed by atoms with Gasteiger partial charge in [0.05, 0.1) is 5.56 Å². The maximum atomic E-state index is 11.4. The highest BCUT2D eigenvalue weighted by molar-refractivity contribution is 5.90. The van der Waals surface area contributed by atoms with Crippen LogP contribution in [0.25, 0.3) is 0 Å². The molecule has 0 spiro atoms. The van der Waals surface area contributed by atoms with Gasteiger partial charge in [0.15, 0.2) is 0 Å². The number of hydrogen-bond acceptors (Lipinski definition) is 2. The highest BCUT2D eigenvalue weighted by Gasteiger charge is 2.08. The van der Waals surface area contributed by atoms with Crippen LogP contribution < -0.4 is 0 Å². The van der Waals surface area contributed by atoms with Gasteiger partial charge < -0.3 is 4.74 Å². The number of carbonyl (C=O) groups is 1. The lowest BCUT2D eigenvalue weighted by molar-refractivity contribution is 0.0513. The standard InChI is InChI=1S/C12H12O2/c1-3-4-9-14-12(13)11-8-6-5-7-10(11)2/h1,5-8H,4,9H2,2H3. The number of benzene rings is 1. The quantitative estimate of drug-likeness (QED) is 0.413. The van der Waals surface area contributed by atoms with Gasteiger partial charge >= 0.3 is 5.97 Å². The Labute approximate surface area is 83.9 Å². The van der Waals surface area contributed by atoms with E-state index in [1.165, 1.54) is 0 Å². The average Bonchev–Trinajstić information content (AvgIpc) is 2.18. The van der Waals surface area contributed by atoms with Gasteiger partial charge in [-0.2, -0.15) is 0 Å². The topological polar surface area (TPSA) is 26.3 Å². The van der Waals surface area contributed by atoms with Crippen LogP contribution in [0.5, 0.6) is 0 Å². The molecule has 14 heavy (non-hydrogen) atoms. The lowest BCUT2D eigenvalue weighted by Gasteiger charge is -2.04. The smallest absolute Gasteiger partial charge is 0.338 e. The molecule has 0 N–H and O–H groups in total. The summed E-state index contributed by atoms with van der Waals surface area (Å²) in [4.78, 5) is 11.4. The molecule has 0 heterocycles. The molecule has 0 amide bonds. The molecule has 0 radical (unpaired) electrons. The van der Waals surface area contributed by atoms with Crippen molar-refractivity contribution in [3.63, 3.8) is 0 Å². The first-order valence-corrected chi connectivity index (χ1v) is 4.42. The molecule has 0 aliphatic carbocycles. The third-order valence-corrected chi connectivity index (χ3v) is 1.84. The van der Waals surface area contributed by atoms with Crippen molar-refractivity contribution in [2.24, 2.45) is 0 Å². The zero-order chi connectivity index (χ0) is 10.4. The number of rotatable bonds is 3. The van der Waals surface area contributed by atoms with Crippen molar-refractivity contribution in [1.82, 2.24) is 0 Å². The molecule has 0 aromatic heterocycles. The van der Waals surface area contributed by atoms with Crippen LogP contribution >= 0.6 is 0 Å². The minimum atomic E-state index is -0.307. The van der Waals surface area contributed by atoms with Crippen molar-refractivity contribution in [3.8, 4) is 12.3 Å². The minimum absolute atomic E-state index is 0.281. The summed E-state index contributed by atoms with van der Waals surface area (Å²) >= 11 is 0. The molecular weight excluding hydrogens is 176 g/mol. The molecule has 1 rings (SSSR count). The van der Waals surface area contributed by atoms with E-state index in [1.807, 2.05) is 25.1 Å². The van der Waals surface area contributed by atoms with Crippen molar-refractivity contribution in [1.29, 1.82) is 0 Å². The Hall–Kier alpha value is -1.75. The second kappa shape index (κ2) is 5.08. The Bertz CT molecular complexity index is 361.